The van der Waals surface area contributed by atoms with Crippen LogP contribution in [0.25, 0.3) is 32.1 Å². The maximum atomic E-state index is 17.1. The predicted molar refractivity (Wildman–Crippen MR) is 173 cm³/mol. The Hall–Kier alpha value is -3.60. The Kier molecular flexibility index (Phi) is 7.17. The van der Waals surface area contributed by atoms with Crippen molar-refractivity contribution in [2.24, 2.45) is 5.92 Å². The number of hydrogen-bond acceptors (Lipinski definition) is 9. The number of aromatic nitrogens is 2. The molecule has 3 fully saturated rings. The monoisotopic (exact) mass is 686 g/mol. The number of thiophene rings is 1. The third-order valence-electron chi connectivity index (χ3n) is 10.3. The van der Waals surface area contributed by atoms with E-state index in [1.165, 1.54) is 11.0 Å². The summed E-state index contributed by atoms with van der Waals surface area (Å²) in [6.07, 6.45) is 3.22. The summed E-state index contributed by atoms with van der Waals surface area (Å²) in [5.74, 6) is -3.94. The third-order valence-corrected chi connectivity index (χ3v) is 11.7. The van der Waals surface area contributed by atoms with Crippen LogP contribution in [0.4, 0.5) is 28.4 Å². The summed E-state index contributed by atoms with van der Waals surface area (Å²) in [5.41, 5.74) is 5.60. The lowest BCUT2D eigenvalue weighted by Gasteiger charge is -2.42. The zero-order valence-corrected chi connectivity index (χ0v) is 27.1. The molecule has 0 amide bonds. The van der Waals surface area contributed by atoms with Gasteiger partial charge in [0, 0.05) is 36.4 Å². The van der Waals surface area contributed by atoms with E-state index in [2.05, 4.69) is 21.8 Å². The number of piperidine rings is 1. The molecule has 0 bridgehead atoms. The molecule has 8 nitrogen and oxygen atoms in total. The van der Waals surface area contributed by atoms with E-state index in [1.807, 2.05) is 6.07 Å². The molecule has 2 unspecified atom stereocenters. The van der Waals surface area contributed by atoms with Gasteiger partial charge in [0.05, 0.1) is 39.4 Å². The van der Waals surface area contributed by atoms with Crippen LogP contribution >= 0.6 is 22.9 Å². The van der Waals surface area contributed by atoms with Crippen LogP contribution in [0.5, 0.6) is 11.8 Å². The number of alkyl halides is 2. The number of nitrogen functional groups attached to an aromatic ring is 1. The SMILES string of the molecule is C[C@H]1CN2CCCC2(COc2nc3c4c(c(Cl)c(-c5ccc(F)c6sc(N)c(C#N)c56)c(F)c4n2)OCCC2CCC(F)(F)CN32)C1. The van der Waals surface area contributed by atoms with E-state index >= 15 is 4.39 Å². The lowest BCUT2D eigenvalue weighted by Crippen LogP contribution is -2.50. The summed E-state index contributed by atoms with van der Waals surface area (Å²) in [4.78, 5) is 13.2. The number of nitrogens with zero attached hydrogens (tertiary/aromatic N) is 5. The van der Waals surface area contributed by atoms with Crippen LogP contribution in [0.2, 0.25) is 5.02 Å². The molecule has 3 saturated heterocycles. The summed E-state index contributed by atoms with van der Waals surface area (Å²) in [6.45, 7) is 3.90. The molecule has 4 aromatic rings. The van der Waals surface area contributed by atoms with Gasteiger partial charge in [-0.1, -0.05) is 24.6 Å². The molecule has 0 aliphatic carbocycles. The summed E-state index contributed by atoms with van der Waals surface area (Å²) < 4.78 is 74.6. The smallest absolute Gasteiger partial charge is 0.319 e. The van der Waals surface area contributed by atoms with Crippen LogP contribution in [0.15, 0.2) is 12.1 Å². The Bertz CT molecular complexity index is 2000. The van der Waals surface area contributed by atoms with Crippen LogP contribution in [-0.2, 0) is 0 Å². The second-order valence-corrected chi connectivity index (χ2v) is 14.8. The lowest BCUT2D eigenvalue weighted by atomic mass is 9.92. The normalized spacial score (nSPS) is 25.3. The van der Waals surface area contributed by atoms with Gasteiger partial charge in [-0.25, -0.2) is 17.6 Å². The van der Waals surface area contributed by atoms with Gasteiger partial charge in [0.25, 0.3) is 5.92 Å². The highest BCUT2D eigenvalue weighted by molar-refractivity contribution is 7.23. The van der Waals surface area contributed by atoms with Crippen molar-refractivity contribution in [3.63, 3.8) is 0 Å². The lowest BCUT2D eigenvalue weighted by molar-refractivity contribution is -0.0205. The summed E-state index contributed by atoms with van der Waals surface area (Å²) in [6, 6.07) is 4.03. The summed E-state index contributed by atoms with van der Waals surface area (Å²) in [7, 11) is 0. The maximum absolute atomic E-state index is 17.1. The Morgan fingerprint density at radius 3 is 2.85 bits per heavy atom. The molecule has 2 aromatic carbocycles. The number of nitriles is 1. The number of anilines is 2. The largest absolute Gasteiger partial charge is 0.491 e. The molecular formula is C33H31ClF4N6O2S. The van der Waals surface area contributed by atoms with E-state index in [-0.39, 0.29) is 103 Å². The molecule has 246 valence electrons. The van der Waals surface area contributed by atoms with Gasteiger partial charge in [0.1, 0.15) is 34.8 Å². The second-order valence-electron chi connectivity index (χ2n) is 13.3. The molecule has 0 saturated carbocycles. The minimum absolute atomic E-state index is 0.00407. The standard InChI is InChI=1S/C33H31ClF4N6O2S/c1-16-11-32(7-2-9-43(32)13-16)15-46-31-41-26-23-27(45-10-6-17-5-8-33(37,38)14-44(17)30(23)42-31)24(34)22(25(26)36)18-3-4-20(35)28-21(18)19(12-39)29(40)47-28/h3-4,16-17H,2,5-11,13-15,40H2,1H3/t16-,17?,32?/m1/s1. The second kappa shape index (κ2) is 11.0. The highest BCUT2D eigenvalue weighted by Crippen LogP contribution is 2.52. The minimum atomic E-state index is -2.99. The van der Waals surface area contributed by atoms with Gasteiger partial charge in [-0.2, -0.15) is 15.2 Å². The number of benzene rings is 2. The van der Waals surface area contributed by atoms with E-state index < -0.39 is 24.1 Å². The fourth-order valence-electron chi connectivity index (χ4n) is 8.25. The first-order chi connectivity index (χ1) is 22.5. The molecule has 47 heavy (non-hydrogen) atoms. The van der Waals surface area contributed by atoms with Crippen LogP contribution in [0, 0.1) is 28.9 Å². The molecule has 2 N–H and O–H groups in total. The van der Waals surface area contributed by atoms with E-state index in [9.17, 15) is 18.4 Å². The number of hydrogen-bond donors (Lipinski definition) is 1. The van der Waals surface area contributed by atoms with E-state index in [0.717, 1.165) is 49.8 Å². The molecule has 8 rings (SSSR count). The van der Waals surface area contributed by atoms with Crippen LogP contribution in [0.3, 0.4) is 0 Å². The molecule has 0 spiro atoms. The van der Waals surface area contributed by atoms with Crippen molar-refractivity contribution in [3.05, 3.63) is 34.4 Å². The van der Waals surface area contributed by atoms with E-state index in [4.69, 9.17) is 26.8 Å². The molecule has 2 aromatic heterocycles. The number of rotatable bonds is 4. The van der Waals surface area contributed by atoms with Crippen molar-refractivity contribution in [3.8, 4) is 29.0 Å². The van der Waals surface area contributed by atoms with Gasteiger partial charge < -0.3 is 20.1 Å². The van der Waals surface area contributed by atoms with Gasteiger partial charge in [0.2, 0.25) is 0 Å². The minimum Gasteiger partial charge on any atom is -0.491 e. The topological polar surface area (TPSA) is 101 Å². The van der Waals surface area contributed by atoms with Crippen molar-refractivity contribution in [1.82, 2.24) is 14.9 Å². The molecule has 6 heterocycles. The van der Waals surface area contributed by atoms with Gasteiger partial charge in [-0.3, -0.25) is 4.90 Å². The van der Waals surface area contributed by atoms with Crippen molar-refractivity contribution >= 4 is 54.7 Å². The van der Waals surface area contributed by atoms with Gasteiger partial charge in [-0.05, 0) is 49.8 Å². The Labute approximate surface area is 277 Å². The maximum Gasteiger partial charge on any atom is 0.319 e. The van der Waals surface area contributed by atoms with E-state index in [0.29, 0.717) is 12.3 Å². The molecule has 3 atom stereocenters. The van der Waals surface area contributed by atoms with Crippen LogP contribution in [0.1, 0.15) is 51.0 Å². The van der Waals surface area contributed by atoms with Gasteiger partial charge in [0.15, 0.2) is 11.6 Å². The molecule has 14 heteroatoms. The average Bonchev–Trinajstić information content (AvgIpc) is 3.67. The first-order valence-corrected chi connectivity index (χ1v) is 17.0. The fourth-order valence-corrected chi connectivity index (χ4v) is 9.53. The molecule has 4 aliphatic rings. The third kappa shape index (κ3) is 4.77. The molecule has 0 radical (unpaired) electrons. The highest BCUT2D eigenvalue weighted by atomic mass is 35.5. The summed E-state index contributed by atoms with van der Waals surface area (Å²) >= 11 is 7.85. The zero-order chi connectivity index (χ0) is 32.8. The number of nitrogens with two attached hydrogens (primary N) is 1. The first kappa shape index (κ1) is 30.7. The Morgan fingerprint density at radius 2 is 2.04 bits per heavy atom. The van der Waals surface area contributed by atoms with Gasteiger partial charge in [-0.15, -0.1) is 11.3 Å². The van der Waals surface area contributed by atoms with Crippen LogP contribution < -0.4 is 20.1 Å². The molecule has 4 aliphatic heterocycles. The summed E-state index contributed by atoms with van der Waals surface area (Å²) in [5, 5.41) is 9.99. The number of fused-ring (bicyclic) bond motifs is 4. The predicted octanol–water partition coefficient (Wildman–Crippen LogP) is 7.54. The van der Waals surface area contributed by atoms with Crippen LogP contribution in [-0.4, -0.2) is 65.2 Å². The van der Waals surface area contributed by atoms with Crippen molar-refractivity contribution in [2.45, 2.75) is 63.0 Å². The quantitative estimate of drug-likeness (QED) is 0.220. The fraction of sp³-hybridized carbons (Fsp3) is 0.485. The van der Waals surface area contributed by atoms with Crippen molar-refractivity contribution in [2.75, 3.05) is 43.5 Å². The Morgan fingerprint density at radius 1 is 1.21 bits per heavy atom. The number of ether oxygens (including phenoxy) is 2. The highest BCUT2D eigenvalue weighted by Gasteiger charge is 2.48. The zero-order valence-electron chi connectivity index (χ0n) is 25.5. The van der Waals surface area contributed by atoms with E-state index in [1.54, 1.807) is 0 Å². The van der Waals surface area contributed by atoms with Gasteiger partial charge >= 0.3 is 6.01 Å². The first-order valence-electron chi connectivity index (χ1n) is 15.8. The molecular weight excluding hydrogens is 656 g/mol. The number of halogens is 5. The van der Waals surface area contributed by atoms with Crippen molar-refractivity contribution in [1.29, 1.82) is 5.26 Å². The Balaban J connectivity index is 1.36. The van der Waals surface area contributed by atoms with Crippen molar-refractivity contribution < 1.29 is 27.0 Å². The average molecular weight is 687 g/mol.